The molecule has 2 heteroatoms. The molecule has 0 aromatic carbocycles. The van der Waals surface area contributed by atoms with E-state index in [4.69, 9.17) is 4.74 Å². The third kappa shape index (κ3) is 3.21. The van der Waals surface area contributed by atoms with E-state index in [0.717, 1.165) is 19.3 Å². The molecule has 1 fully saturated rings. The van der Waals surface area contributed by atoms with Crippen molar-refractivity contribution in [3.63, 3.8) is 0 Å². The molecule has 0 unspecified atom stereocenters. The number of carbonyl (C=O) groups excluding carboxylic acids is 1. The van der Waals surface area contributed by atoms with Gasteiger partial charge in [0.15, 0.2) is 0 Å². The van der Waals surface area contributed by atoms with E-state index in [-0.39, 0.29) is 11.4 Å². The summed E-state index contributed by atoms with van der Waals surface area (Å²) in [6.45, 7) is 12.4. The van der Waals surface area contributed by atoms with Crippen molar-refractivity contribution in [2.24, 2.45) is 17.3 Å². The second-order valence-corrected chi connectivity index (χ2v) is 5.53. The van der Waals surface area contributed by atoms with Crippen LogP contribution in [0.15, 0.2) is 24.8 Å². The fourth-order valence-electron chi connectivity index (χ4n) is 2.92. The van der Waals surface area contributed by atoms with Gasteiger partial charge in [0.1, 0.15) is 0 Å². The Labute approximate surface area is 105 Å². The molecule has 0 saturated heterocycles. The molecule has 96 valence electrons. The van der Waals surface area contributed by atoms with Gasteiger partial charge < -0.3 is 4.74 Å². The second-order valence-electron chi connectivity index (χ2n) is 5.53. The number of esters is 1. The maximum atomic E-state index is 11.3. The summed E-state index contributed by atoms with van der Waals surface area (Å²) in [6.07, 6.45) is 5.76. The van der Waals surface area contributed by atoms with Crippen LogP contribution in [0.4, 0.5) is 0 Å². The molecule has 0 aliphatic heterocycles. The smallest absolute Gasteiger partial charge is 0.305 e. The molecule has 2 nitrogen and oxygen atoms in total. The van der Waals surface area contributed by atoms with Crippen LogP contribution in [0.3, 0.4) is 0 Å². The molecular formula is C15H24O2. The van der Waals surface area contributed by atoms with Gasteiger partial charge >= 0.3 is 5.97 Å². The van der Waals surface area contributed by atoms with Gasteiger partial charge in [0.05, 0.1) is 7.11 Å². The first kappa shape index (κ1) is 14.0. The molecule has 0 aromatic heterocycles. The Kier molecular flexibility index (Phi) is 4.55. The molecule has 1 rings (SSSR count). The zero-order chi connectivity index (χ0) is 13.1. The number of carbonyl (C=O) groups is 1. The number of allylic oxidation sites excluding steroid dienone is 2. The third-order valence-corrected chi connectivity index (χ3v) is 4.20. The van der Waals surface area contributed by atoms with Crippen LogP contribution in [0.25, 0.3) is 0 Å². The van der Waals surface area contributed by atoms with Crippen molar-refractivity contribution in [3.05, 3.63) is 24.8 Å². The minimum absolute atomic E-state index is 0.0994. The highest BCUT2D eigenvalue weighted by atomic mass is 16.5. The van der Waals surface area contributed by atoms with Crippen molar-refractivity contribution < 1.29 is 9.53 Å². The van der Waals surface area contributed by atoms with E-state index >= 15 is 0 Å². The van der Waals surface area contributed by atoms with Crippen molar-refractivity contribution in [1.29, 1.82) is 0 Å². The molecule has 1 aliphatic carbocycles. The van der Waals surface area contributed by atoms with Crippen LogP contribution in [0.2, 0.25) is 0 Å². The van der Waals surface area contributed by atoms with Crippen molar-refractivity contribution in [1.82, 2.24) is 0 Å². The zero-order valence-corrected chi connectivity index (χ0v) is 11.3. The number of hydrogen-bond acceptors (Lipinski definition) is 2. The van der Waals surface area contributed by atoms with Crippen LogP contribution in [0.5, 0.6) is 0 Å². The molecule has 0 spiro atoms. The van der Waals surface area contributed by atoms with E-state index in [0.29, 0.717) is 18.3 Å². The van der Waals surface area contributed by atoms with Gasteiger partial charge in [-0.2, -0.15) is 0 Å². The first-order chi connectivity index (χ1) is 7.92. The normalized spacial score (nSPS) is 32.9. The highest BCUT2D eigenvalue weighted by Crippen LogP contribution is 2.47. The van der Waals surface area contributed by atoms with Crippen molar-refractivity contribution in [3.8, 4) is 0 Å². The number of ether oxygens (including phenoxy) is 1. The Hall–Kier alpha value is -1.05. The van der Waals surface area contributed by atoms with Gasteiger partial charge in [-0.15, -0.1) is 6.58 Å². The van der Waals surface area contributed by atoms with Gasteiger partial charge in [-0.3, -0.25) is 4.79 Å². The summed E-state index contributed by atoms with van der Waals surface area (Å²) in [5, 5.41) is 0. The summed E-state index contributed by atoms with van der Waals surface area (Å²) in [5.74, 6) is 0.762. The molecule has 17 heavy (non-hydrogen) atoms. The van der Waals surface area contributed by atoms with E-state index in [1.165, 1.54) is 12.7 Å². The summed E-state index contributed by atoms with van der Waals surface area (Å²) < 4.78 is 4.75. The molecule has 0 amide bonds. The first-order valence-electron chi connectivity index (χ1n) is 6.28. The van der Waals surface area contributed by atoms with Crippen molar-refractivity contribution >= 4 is 5.97 Å². The van der Waals surface area contributed by atoms with Crippen molar-refractivity contribution in [2.45, 2.75) is 39.5 Å². The zero-order valence-electron chi connectivity index (χ0n) is 11.3. The maximum absolute atomic E-state index is 11.3. The molecule has 0 radical (unpaired) electrons. The quantitative estimate of drug-likeness (QED) is 0.549. The van der Waals surface area contributed by atoms with Crippen LogP contribution < -0.4 is 0 Å². The van der Waals surface area contributed by atoms with Gasteiger partial charge in [0.25, 0.3) is 0 Å². The molecule has 1 saturated carbocycles. The van der Waals surface area contributed by atoms with Gasteiger partial charge in [-0.25, -0.2) is 0 Å². The largest absolute Gasteiger partial charge is 0.469 e. The minimum Gasteiger partial charge on any atom is -0.469 e. The average molecular weight is 236 g/mol. The fourth-order valence-corrected chi connectivity index (χ4v) is 2.92. The molecular weight excluding hydrogens is 212 g/mol. The summed E-state index contributed by atoms with van der Waals surface area (Å²) in [4.78, 5) is 11.3. The monoisotopic (exact) mass is 236 g/mol. The predicted molar refractivity (Wildman–Crippen MR) is 70.6 cm³/mol. The minimum atomic E-state index is -0.0994. The summed E-state index contributed by atoms with van der Waals surface area (Å²) in [5.41, 5.74) is 1.33. The van der Waals surface area contributed by atoms with Gasteiger partial charge in [-0.1, -0.05) is 25.2 Å². The highest BCUT2D eigenvalue weighted by molar-refractivity contribution is 5.69. The van der Waals surface area contributed by atoms with E-state index in [1.54, 1.807) is 0 Å². The van der Waals surface area contributed by atoms with Crippen LogP contribution in [0, 0.1) is 17.3 Å². The molecule has 0 heterocycles. The topological polar surface area (TPSA) is 26.3 Å². The first-order valence-corrected chi connectivity index (χ1v) is 6.28. The van der Waals surface area contributed by atoms with E-state index < -0.39 is 0 Å². The highest BCUT2D eigenvalue weighted by Gasteiger charge is 2.38. The van der Waals surface area contributed by atoms with Gasteiger partial charge in [0, 0.05) is 6.42 Å². The Balaban J connectivity index is 2.72. The molecule has 0 aromatic rings. The van der Waals surface area contributed by atoms with Crippen LogP contribution in [-0.4, -0.2) is 13.1 Å². The lowest BCUT2D eigenvalue weighted by Gasteiger charge is -2.43. The van der Waals surface area contributed by atoms with E-state index in [2.05, 4.69) is 33.1 Å². The molecule has 0 bridgehead atoms. The Morgan fingerprint density at radius 2 is 2.24 bits per heavy atom. The van der Waals surface area contributed by atoms with Crippen LogP contribution in [0.1, 0.15) is 39.5 Å². The number of methoxy groups -OCH3 is 1. The number of hydrogen-bond donors (Lipinski definition) is 0. The number of rotatable bonds is 4. The van der Waals surface area contributed by atoms with Crippen molar-refractivity contribution in [2.75, 3.05) is 7.11 Å². The average Bonchev–Trinajstić information content (AvgIpc) is 2.31. The maximum Gasteiger partial charge on any atom is 0.305 e. The Morgan fingerprint density at radius 3 is 2.71 bits per heavy atom. The lowest BCUT2D eigenvalue weighted by atomic mass is 9.62. The molecule has 1 aliphatic rings. The summed E-state index contributed by atoms with van der Waals surface area (Å²) >= 11 is 0. The third-order valence-electron chi connectivity index (χ3n) is 4.20. The summed E-state index contributed by atoms with van der Waals surface area (Å²) in [6, 6.07) is 0. The van der Waals surface area contributed by atoms with Crippen LogP contribution >= 0.6 is 0 Å². The molecule has 3 atom stereocenters. The van der Waals surface area contributed by atoms with Gasteiger partial charge in [-0.05, 0) is 43.4 Å². The van der Waals surface area contributed by atoms with E-state index in [1.807, 2.05) is 0 Å². The van der Waals surface area contributed by atoms with Gasteiger partial charge in [0.2, 0.25) is 0 Å². The Morgan fingerprint density at radius 1 is 1.59 bits per heavy atom. The molecule has 0 N–H and O–H groups in total. The van der Waals surface area contributed by atoms with Crippen LogP contribution in [-0.2, 0) is 9.53 Å². The lowest BCUT2D eigenvalue weighted by Crippen LogP contribution is -2.34. The SMILES string of the molecule is C=C[C@@]1(C)CC[C@H](CC(=O)OC)C[C@@H]1C(=C)C. The Bertz CT molecular complexity index is 319. The summed E-state index contributed by atoms with van der Waals surface area (Å²) in [7, 11) is 1.45. The standard InChI is InChI=1S/C15H24O2/c1-6-15(4)8-7-12(10-14(16)17-5)9-13(15)11(2)3/h6,12-13H,1-2,7-10H2,3-5H3/t12-,13+,15-/m0/s1. The predicted octanol–water partition coefficient (Wildman–Crippen LogP) is 3.73. The second kappa shape index (κ2) is 5.52. The van der Waals surface area contributed by atoms with E-state index in [9.17, 15) is 4.79 Å². The lowest BCUT2D eigenvalue weighted by molar-refractivity contribution is -0.142. The fraction of sp³-hybridized carbons (Fsp3) is 0.667.